The lowest BCUT2D eigenvalue weighted by molar-refractivity contribution is -0.139. The van der Waals surface area contributed by atoms with Crippen LogP contribution in [0.1, 0.15) is 37.0 Å². The topological polar surface area (TPSA) is 113 Å². The van der Waals surface area contributed by atoms with E-state index in [1.807, 2.05) is 13.8 Å². The Labute approximate surface area is 158 Å². The third kappa shape index (κ3) is 4.48. The van der Waals surface area contributed by atoms with Crippen molar-refractivity contribution in [1.82, 2.24) is 9.62 Å². The Morgan fingerprint density at radius 3 is 2.41 bits per heavy atom. The predicted molar refractivity (Wildman–Crippen MR) is 96.8 cm³/mol. The summed E-state index contributed by atoms with van der Waals surface area (Å²) in [6, 6.07) is 4.75. The molecule has 0 bridgehead atoms. The van der Waals surface area contributed by atoms with Crippen LogP contribution < -0.4 is 5.32 Å². The van der Waals surface area contributed by atoms with Gasteiger partial charge in [0.2, 0.25) is 10.0 Å². The van der Waals surface area contributed by atoms with Crippen LogP contribution >= 0.6 is 0 Å². The standard InChI is InChI=1S/C18H24N2O6S/c1-11-9-20(10-12(2)26-11)27(24,25)15-5-3-4-14(8-15)17(21)19-16(18(22)23)13-6-7-13/h3-5,8,11-13,16H,6-7,9-10H2,1-2H3,(H,19,21)(H,22,23). The summed E-state index contributed by atoms with van der Waals surface area (Å²) < 4.78 is 32.8. The lowest BCUT2D eigenvalue weighted by atomic mass is 10.1. The maximum atomic E-state index is 12.9. The van der Waals surface area contributed by atoms with E-state index in [0.717, 1.165) is 12.8 Å². The van der Waals surface area contributed by atoms with Crippen molar-refractivity contribution in [2.45, 2.75) is 49.8 Å². The molecule has 1 aromatic rings. The first-order valence-electron chi connectivity index (χ1n) is 8.98. The molecule has 3 atom stereocenters. The Balaban J connectivity index is 1.80. The summed E-state index contributed by atoms with van der Waals surface area (Å²) >= 11 is 0. The van der Waals surface area contributed by atoms with E-state index < -0.39 is 27.9 Å². The highest BCUT2D eigenvalue weighted by molar-refractivity contribution is 7.89. The first kappa shape index (κ1) is 19.8. The third-order valence-electron chi connectivity index (χ3n) is 4.77. The third-order valence-corrected chi connectivity index (χ3v) is 6.59. The van der Waals surface area contributed by atoms with Crippen LogP contribution in [-0.2, 0) is 19.6 Å². The summed E-state index contributed by atoms with van der Waals surface area (Å²) in [5.41, 5.74) is 0.123. The van der Waals surface area contributed by atoms with E-state index in [4.69, 9.17) is 4.74 Å². The smallest absolute Gasteiger partial charge is 0.326 e. The molecule has 27 heavy (non-hydrogen) atoms. The molecule has 8 nitrogen and oxygen atoms in total. The average Bonchev–Trinajstić information content (AvgIpc) is 3.43. The number of sulfonamides is 1. The number of morpholine rings is 1. The molecule has 0 spiro atoms. The molecule has 3 unspecified atom stereocenters. The van der Waals surface area contributed by atoms with E-state index in [0.29, 0.717) is 0 Å². The Bertz CT molecular complexity index is 826. The summed E-state index contributed by atoms with van der Waals surface area (Å²) in [6.07, 6.45) is 1.09. The molecule has 1 saturated carbocycles. The Kier molecular flexibility index (Phi) is 5.55. The minimum atomic E-state index is -3.78. The van der Waals surface area contributed by atoms with Crippen molar-refractivity contribution in [2.75, 3.05) is 13.1 Å². The summed E-state index contributed by atoms with van der Waals surface area (Å²) in [5, 5.41) is 11.8. The van der Waals surface area contributed by atoms with Crippen LogP contribution in [0.25, 0.3) is 0 Å². The van der Waals surface area contributed by atoms with Gasteiger partial charge < -0.3 is 15.2 Å². The van der Waals surface area contributed by atoms with Crippen LogP contribution in [0.15, 0.2) is 29.2 Å². The van der Waals surface area contributed by atoms with E-state index in [1.54, 1.807) is 0 Å². The zero-order chi connectivity index (χ0) is 19.8. The number of benzene rings is 1. The van der Waals surface area contributed by atoms with Gasteiger partial charge in [0.25, 0.3) is 5.91 Å². The number of rotatable bonds is 6. The number of carboxylic acids is 1. The number of carbonyl (C=O) groups is 2. The van der Waals surface area contributed by atoms with Crippen molar-refractivity contribution >= 4 is 21.9 Å². The molecular formula is C18H24N2O6S. The van der Waals surface area contributed by atoms with Gasteiger partial charge in [0.1, 0.15) is 6.04 Å². The predicted octanol–water partition coefficient (Wildman–Crippen LogP) is 1.08. The van der Waals surface area contributed by atoms with E-state index in [1.165, 1.54) is 28.6 Å². The van der Waals surface area contributed by atoms with Crippen molar-refractivity contribution in [2.24, 2.45) is 5.92 Å². The van der Waals surface area contributed by atoms with Crippen LogP contribution in [0.3, 0.4) is 0 Å². The van der Waals surface area contributed by atoms with Gasteiger partial charge in [-0.15, -0.1) is 0 Å². The molecule has 2 N–H and O–H groups in total. The fraction of sp³-hybridized carbons (Fsp3) is 0.556. The fourth-order valence-corrected chi connectivity index (χ4v) is 4.95. The summed E-state index contributed by atoms with van der Waals surface area (Å²) in [5.74, 6) is -1.73. The van der Waals surface area contributed by atoms with Gasteiger partial charge in [0.15, 0.2) is 0 Å². The fourth-order valence-electron chi connectivity index (χ4n) is 3.31. The van der Waals surface area contributed by atoms with Crippen LogP contribution in [0.2, 0.25) is 0 Å². The number of nitrogens with zero attached hydrogens (tertiary/aromatic N) is 1. The molecule has 1 amide bonds. The van der Waals surface area contributed by atoms with E-state index in [9.17, 15) is 23.1 Å². The van der Waals surface area contributed by atoms with Crippen molar-refractivity contribution in [3.8, 4) is 0 Å². The SMILES string of the molecule is CC1CN(S(=O)(=O)c2cccc(C(=O)NC(C(=O)O)C3CC3)c2)CC(C)O1. The molecule has 0 aromatic heterocycles. The Hall–Kier alpha value is -1.97. The zero-order valence-electron chi connectivity index (χ0n) is 15.3. The Morgan fingerprint density at radius 1 is 1.22 bits per heavy atom. The molecule has 9 heteroatoms. The molecule has 3 rings (SSSR count). The van der Waals surface area contributed by atoms with E-state index in [-0.39, 0.29) is 41.7 Å². The largest absolute Gasteiger partial charge is 0.480 e. The number of nitrogens with one attached hydrogen (secondary N) is 1. The van der Waals surface area contributed by atoms with Crippen LogP contribution in [0.4, 0.5) is 0 Å². The van der Waals surface area contributed by atoms with Crippen molar-refractivity contribution in [3.63, 3.8) is 0 Å². The second-order valence-electron chi connectivity index (χ2n) is 7.23. The van der Waals surface area contributed by atoms with Crippen molar-refractivity contribution in [3.05, 3.63) is 29.8 Å². The first-order valence-corrected chi connectivity index (χ1v) is 10.4. The molecule has 1 aliphatic carbocycles. The molecule has 148 valence electrons. The highest BCUT2D eigenvalue weighted by Gasteiger charge is 2.37. The van der Waals surface area contributed by atoms with E-state index >= 15 is 0 Å². The number of amides is 1. The molecule has 0 radical (unpaired) electrons. The van der Waals surface area contributed by atoms with Gasteiger partial charge in [-0.1, -0.05) is 6.07 Å². The maximum absolute atomic E-state index is 12.9. The first-order chi connectivity index (χ1) is 12.7. The van der Waals surface area contributed by atoms with Crippen LogP contribution in [0, 0.1) is 5.92 Å². The highest BCUT2D eigenvalue weighted by Crippen LogP contribution is 2.33. The second kappa shape index (κ2) is 7.57. The number of carboxylic acid groups (broad SMARTS) is 1. The summed E-state index contributed by atoms with van der Waals surface area (Å²) in [6.45, 7) is 4.11. The van der Waals surface area contributed by atoms with Gasteiger partial charge in [0, 0.05) is 18.7 Å². The molecule has 2 aliphatic rings. The van der Waals surface area contributed by atoms with Gasteiger partial charge in [0.05, 0.1) is 17.1 Å². The average molecular weight is 396 g/mol. The lowest BCUT2D eigenvalue weighted by Gasteiger charge is -2.34. The molecule has 1 aromatic carbocycles. The number of ether oxygens (including phenoxy) is 1. The van der Waals surface area contributed by atoms with Crippen molar-refractivity contribution < 1.29 is 27.9 Å². The zero-order valence-corrected chi connectivity index (χ0v) is 16.1. The summed E-state index contributed by atoms with van der Waals surface area (Å²) in [7, 11) is -3.78. The van der Waals surface area contributed by atoms with Gasteiger partial charge >= 0.3 is 5.97 Å². The maximum Gasteiger partial charge on any atom is 0.326 e. The van der Waals surface area contributed by atoms with Crippen molar-refractivity contribution in [1.29, 1.82) is 0 Å². The summed E-state index contributed by atoms with van der Waals surface area (Å²) in [4.78, 5) is 23.8. The monoisotopic (exact) mass is 396 g/mol. The lowest BCUT2D eigenvalue weighted by Crippen LogP contribution is -2.48. The quantitative estimate of drug-likeness (QED) is 0.744. The molecule has 2 fully saturated rings. The normalized spacial score (nSPS) is 25.0. The molecular weight excluding hydrogens is 372 g/mol. The van der Waals surface area contributed by atoms with Gasteiger partial charge in [-0.05, 0) is 50.8 Å². The van der Waals surface area contributed by atoms with Crippen LogP contribution in [-0.4, -0.2) is 61.0 Å². The number of hydrogen-bond acceptors (Lipinski definition) is 5. The highest BCUT2D eigenvalue weighted by atomic mass is 32.2. The minimum Gasteiger partial charge on any atom is -0.480 e. The van der Waals surface area contributed by atoms with Gasteiger partial charge in [-0.2, -0.15) is 4.31 Å². The van der Waals surface area contributed by atoms with Crippen LogP contribution in [0.5, 0.6) is 0 Å². The van der Waals surface area contributed by atoms with Gasteiger partial charge in [-0.3, -0.25) is 4.79 Å². The Morgan fingerprint density at radius 2 is 1.85 bits per heavy atom. The minimum absolute atomic E-state index is 0.00902. The number of hydrogen-bond donors (Lipinski definition) is 2. The molecule has 1 saturated heterocycles. The second-order valence-corrected chi connectivity index (χ2v) is 9.17. The molecule has 1 heterocycles. The number of aliphatic carboxylic acids is 1. The van der Waals surface area contributed by atoms with E-state index in [2.05, 4.69) is 5.32 Å². The number of carbonyl (C=O) groups excluding carboxylic acids is 1. The van der Waals surface area contributed by atoms with Gasteiger partial charge in [-0.25, -0.2) is 13.2 Å². The molecule has 1 aliphatic heterocycles.